The highest BCUT2D eigenvalue weighted by Gasteiger charge is 2.42. The summed E-state index contributed by atoms with van der Waals surface area (Å²) in [5.41, 5.74) is 1.82. The van der Waals surface area contributed by atoms with Crippen LogP contribution in [0.3, 0.4) is 0 Å². The molecule has 2 N–H and O–H groups in total. The number of benzene rings is 1. The maximum atomic E-state index is 13.1. The molecular weight excluding hydrogens is 260 g/mol. The first-order valence-electron chi connectivity index (χ1n) is 8.10. The van der Waals surface area contributed by atoms with Crippen LogP contribution < -0.4 is 5.32 Å². The maximum absolute atomic E-state index is 13.1. The standard InChI is InChI=1S/C18H22N2O/c21-17(15-3-4-16-14(11-15)6-9-20-16)18(8-10-19-12-18)7-5-13-1-2-13/h3-4,6,9,11,13,19-20H,1-2,5,7-8,10,12H2. The molecule has 2 heterocycles. The van der Waals surface area contributed by atoms with Gasteiger partial charge in [0, 0.05) is 34.6 Å². The predicted octanol–water partition coefficient (Wildman–Crippen LogP) is 3.52. The van der Waals surface area contributed by atoms with Gasteiger partial charge >= 0.3 is 0 Å². The van der Waals surface area contributed by atoms with E-state index in [1.54, 1.807) is 0 Å². The molecule has 1 unspecified atom stereocenters. The molecule has 1 aromatic heterocycles. The fourth-order valence-corrected chi connectivity index (χ4v) is 3.65. The van der Waals surface area contributed by atoms with E-state index in [-0.39, 0.29) is 5.41 Å². The summed E-state index contributed by atoms with van der Waals surface area (Å²) in [5.74, 6) is 1.23. The van der Waals surface area contributed by atoms with E-state index in [1.165, 1.54) is 19.3 Å². The summed E-state index contributed by atoms with van der Waals surface area (Å²) in [6.45, 7) is 1.83. The maximum Gasteiger partial charge on any atom is 0.170 e. The molecule has 1 aromatic carbocycles. The third kappa shape index (κ3) is 2.40. The molecule has 21 heavy (non-hydrogen) atoms. The molecule has 0 spiro atoms. The topological polar surface area (TPSA) is 44.9 Å². The summed E-state index contributed by atoms with van der Waals surface area (Å²) in [4.78, 5) is 16.3. The zero-order valence-electron chi connectivity index (χ0n) is 12.3. The number of Topliss-reactive ketones (excluding diaryl/α,β-unsaturated/α-hetero) is 1. The van der Waals surface area contributed by atoms with Gasteiger partial charge in [0.05, 0.1) is 0 Å². The number of aromatic nitrogens is 1. The van der Waals surface area contributed by atoms with Gasteiger partial charge in [-0.2, -0.15) is 0 Å². The SMILES string of the molecule is O=C(c1ccc2[nH]ccc2c1)C1(CCC2CC2)CCNC1. The normalized spacial score (nSPS) is 25.5. The van der Waals surface area contributed by atoms with Crippen molar-refractivity contribution in [2.75, 3.05) is 13.1 Å². The summed E-state index contributed by atoms with van der Waals surface area (Å²) in [5, 5.41) is 4.54. The molecule has 1 atom stereocenters. The number of H-pyrrole nitrogens is 1. The van der Waals surface area contributed by atoms with Crippen LogP contribution in [0.4, 0.5) is 0 Å². The molecule has 1 aliphatic carbocycles. The van der Waals surface area contributed by atoms with Crippen molar-refractivity contribution < 1.29 is 4.79 Å². The average Bonchev–Trinajstić information content (AvgIpc) is 3.03. The predicted molar refractivity (Wildman–Crippen MR) is 84.5 cm³/mol. The number of nitrogens with one attached hydrogen (secondary N) is 2. The van der Waals surface area contributed by atoms with Crippen LogP contribution in [0.25, 0.3) is 10.9 Å². The van der Waals surface area contributed by atoms with Gasteiger partial charge in [0.25, 0.3) is 0 Å². The number of hydrogen-bond donors (Lipinski definition) is 2. The van der Waals surface area contributed by atoms with Crippen molar-refractivity contribution in [3.8, 4) is 0 Å². The van der Waals surface area contributed by atoms with Crippen molar-refractivity contribution in [2.24, 2.45) is 11.3 Å². The van der Waals surface area contributed by atoms with Crippen LogP contribution in [0.15, 0.2) is 30.5 Å². The smallest absolute Gasteiger partial charge is 0.170 e. The molecular formula is C18H22N2O. The van der Waals surface area contributed by atoms with Gasteiger partial charge in [-0.3, -0.25) is 4.79 Å². The molecule has 3 nitrogen and oxygen atoms in total. The van der Waals surface area contributed by atoms with Gasteiger partial charge in [0.1, 0.15) is 0 Å². The highest BCUT2D eigenvalue weighted by molar-refractivity contribution is 6.03. The molecule has 2 aliphatic rings. The molecule has 4 rings (SSSR count). The molecule has 1 saturated heterocycles. The number of aromatic amines is 1. The van der Waals surface area contributed by atoms with Crippen LogP contribution in [-0.2, 0) is 0 Å². The Hall–Kier alpha value is -1.61. The lowest BCUT2D eigenvalue weighted by atomic mass is 9.75. The van der Waals surface area contributed by atoms with Crippen molar-refractivity contribution >= 4 is 16.7 Å². The molecule has 1 saturated carbocycles. The number of carbonyl (C=O) groups excluding carboxylic acids is 1. The second-order valence-corrected chi connectivity index (χ2v) is 6.80. The van der Waals surface area contributed by atoms with E-state index < -0.39 is 0 Å². The lowest BCUT2D eigenvalue weighted by Crippen LogP contribution is -2.33. The van der Waals surface area contributed by atoms with E-state index in [1.807, 2.05) is 30.5 Å². The van der Waals surface area contributed by atoms with Crippen LogP contribution in [-0.4, -0.2) is 23.9 Å². The van der Waals surface area contributed by atoms with Crippen LogP contribution >= 0.6 is 0 Å². The van der Waals surface area contributed by atoms with Crippen LogP contribution in [0.5, 0.6) is 0 Å². The minimum atomic E-state index is -0.160. The van der Waals surface area contributed by atoms with E-state index >= 15 is 0 Å². The van der Waals surface area contributed by atoms with Crippen molar-refractivity contribution in [3.05, 3.63) is 36.0 Å². The summed E-state index contributed by atoms with van der Waals surface area (Å²) < 4.78 is 0. The first-order valence-corrected chi connectivity index (χ1v) is 8.10. The van der Waals surface area contributed by atoms with Gasteiger partial charge in [0.2, 0.25) is 0 Å². The van der Waals surface area contributed by atoms with Crippen molar-refractivity contribution in [1.82, 2.24) is 10.3 Å². The van der Waals surface area contributed by atoms with E-state index in [4.69, 9.17) is 0 Å². The summed E-state index contributed by atoms with van der Waals surface area (Å²) in [7, 11) is 0. The minimum absolute atomic E-state index is 0.160. The molecule has 1 aliphatic heterocycles. The number of hydrogen-bond acceptors (Lipinski definition) is 2. The van der Waals surface area contributed by atoms with Gasteiger partial charge in [0.15, 0.2) is 5.78 Å². The number of carbonyl (C=O) groups is 1. The molecule has 2 aromatic rings. The Morgan fingerprint density at radius 1 is 1.29 bits per heavy atom. The number of fused-ring (bicyclic) bond motifs is 1. The van der Waals surface area contributed by atoms with Crippen molar-refractivity contribution in [2.45, 2.75) is 32.1 Å². The Balaban J connectivity index is 1.62. The lowest BCUT2D eigenvalue weighted by molar-refractivity contribution is 0.0797. The first-order chi connectivity index (χ1) is 10.3. The van der Waals surface area contributed by atoms with Crippen LogP contribution in [0.2, 0.25) is 0 Å². The Morgan fingerprint density at radius 3 is 2.95 bits per heavy atom. The Bertz CT molecular complexity index is 663. The summed E-state index contributed by atoms with van der Waals surface area (Å²) >= 11 is 0. The molecule has 0 bridgehead atoms. The van der Waals surface area contributed by atoms with Crippen molar-refractivity contribution in [1.29, 1.82) is 0 Å². The highest BCUT2D eigenvalue weighted by atomic mass is 16.1. The number of ketones is 1. The van der Waals surface area contributed by atoms with E-state index in [2.05, 4.69) is 10.3 Å². The first kappa shape index (κ1) is 13.1. The highest BCUT2D eigenvalue weighted by Crippen LogP contribution is 2.41. The lowest BCUT2D eigenvalue weighted by Gasteiger charge is -2.27. The van der Waals surface area contributed by atoms with Gasteiger partial charge in [-0.05, 0) is 56.0 Å². The molecule has 0 radical (unpaired) electrons. The summed E-state index contributed by atoms with van der Waals surface area (Å²) in [6, 6.07) is 8.10. The molecule has 0 amide bonds. The van der Waals surface area contributed by atoms with Gasteiger partial charge in [-0.1, -0.05) is 12.8 Å². The van der Waals surface area contributed by atoms with E-state index in [9.17, 15) is 4.79 Å². The third-order valence-corrected chi connectivity index (χ3v) is 5.27. The Morgan fingerprint density at radius 2 is 2.19 bits per heavy atom. The van der Waals surface area contributed by atoms with Gasteiger partial charge in [-0.25, -0.2) is 0 Å². The monoisotopic (exact) mass is 282 g/mol. The molecule has 2 fully saturated rings. The Labute approximate surface area is 125 Å². The van der Waals surface area contributed by atoms with E-state index in [0.717, 1.165) is 48.3 Å². The zero-order valence-corrected chi connectivity index (χ0v) is 12.3. The second kappa shape index (κ2) is 4.99. The van der Waals surface area contributed by atoms with Gasteiger partial charge < -0.3 is 10.3 Å². The number of rotatable bonds is 5. The average molecular weight is 282 g/mol. The quantitative estimate of drug-likeness (QED) is 0.824. The minimum Gasteiger partial charge on any atom is -0.361 e. The Kier molecular flexibility index (Phi) is 3.11. The zero-order chi connectivity index (χ0) is 14.3. The fourth-order valence-electron chi connectivity index (χ4n) is 3.65. The fraction of sp³-hybridized carbons (Fsp3) is 0.500. The second-order valence-electron chi connectivity index (χ2n) is 6.80. The summed E-state index contributed by atoms with van der Waals surface area (Å²) in [6.07, 6.45) is 7.93. The van der Waals surface area contributed by atoms with Crippen LogP contribution in [0, 0.1) is 11.3 Å². The molecule has 110 valence electrons. The van der Waals surface area contributed by atoms with Crippen LogP contribution in [0.1, 0.15) is 42.5 Å². The largest absolute Gasteiger partial charge is 0.361 e. The third-order valence-electron chi connectivity index (χ3n) is 5.27. The van der Waals surface area contributed by atoms with E-state index in [0.29, 0.717) is 5.78 Å². The molecule has 3 heteroatoms. The van der Waals surface area contributed by atoms with Crippen molar-refractivity contribution in [3.63, 3.8) is 0 Å². The van der Waals surface area contributed by atoms with Gasteiger partial charge in [-0.15, -0.1) is 0 Å².